The van der Waals surface area contributed by atoms with Crippen LogP contribution in [-0.2, 0) is 6.54 Å². The van der Waals surface area contributed by atoms with Crippen molar-refractivity contribution in [1.29, 1.82) is 0 Å². The summed E-state index contributed by atoms with van der Waals surface area (Å²) in [6, 6.07) is 10.4. The van der Waals surface area contributed by atoms with Crippen LogP contribution in [0, 0.1) is 6.92 Å². The summed E-state index contributed by atoms with van der Waals surface area (Å²) < 4.78 is 0. The highest BCUT2D eigenvalue weighted by Crippen LogP contribution is 2.17. The third kappa shape index (κ3) is 3.18. The number of aromatic nitrogens is 1. The van der Waals surface area contributed by atoms with Crippen molar-refractivity contribution in [3.05, 3.63) is 41.6 Å². The molecule has 1 aromatic heterocycles. The fraction of sp³-hybridized carbons (Fsp3) is 0.357. The molecule has 17 heavy (non-hydrogen) atoms. The monoisotopic (exact) mass is 248 g/mol. The standard InChI is InChI=1S/C14H17ClN2/c1-11-9-12(10-16-8-4-7-15)13-5-2-3-6-14(13)17-11/h2-3,5-6,9,16H,4,7-8,10H2,1H3. The van der Waals surface area contributed by atoms with Crippen molar-refractivity contribution >= 4 is 22.5 Å². The van der Waals surface area contributed by atoms with Crippen molar-refractivity contribution in [1.82, 2.24) is 10.3 Å². The summed E-state index contributed by atoms with van der Waals surface area (Å²) in [4.78, 5) is 4.53. The van der Waals surface area contributed by atoms with E-state index < -0.39 is 0 Å². The Labute approximate surface area is 107 Å². The Morgan fingerprint density at radius 3 is 2.94 bits per heavy atom. The number of hydrogen-bond donors (Lipinski definition) is 1. The number of rotatable bonds is 5. The first kappa shape index (κ1) is 12.3. The second-order valence-electron chi connectivity index (χ2n) is 4.16. The summed E-state index contributed by atoms with van der Waals surface area (Å²) in [5, 5.41) is 4.64. The molecule has 90 valence electrons. The molecule has 0 atom stereocenters. The molecule has 0 bridgehead atoms. The summed E-state index contributed by atoms with van der Waals surface area (Å²) in [5.41, 5.74) is 3.45. The Morgan fingerprint density at radius 1 is 1.29 bits per heavy atom. The molecule has 2 nitrogen and oxygen atoms in total. The number of alkyl halides is 1. The lowest BCUT2D eigenvalue weighted by molar-refractivity contribution is 0.679. The molecule has 0 aliphatic heterocycles. The highest BCUT2D eigenvalue weighted by Gasteiger charge is 2.02. The first-order valence-electron chi connectivity index (χ1n) is 5.93. The summed E-state index contributed by atoms with van der Waals surface area (Å²) in [6.45, 7) is 3.87. The van der Waals surface area contributed by atoms with Gasteiger partial charge >= 0.3 is 0 Å². The molecule has 0 aliphatic carbocycles. The van der Waals surface area contributed by atoms with Gasteiger partial charge in [0.2, 0.25) is 0 Å². The van der Waals surface area contributed by atoms with Gasteiger partial charge in [0, 0.05) is 23.5 Å². The van der Waals surface area contributed by atoms with Gasteiger partial charge in [-0.05, 0) is 37.6 Å². The molecule has 0 unspecified atom stereocenters. The molecule has 0 saturated carbocycles. The van der Waals surface area contributed by atoms with E-state index >= 15 is 0 Å². The third-order valence-corrected chi connectivity index (χ3v) is 3.00. The Balaban J connectivity index is 2.20. The summed E-state index contributed by atoms with van der Waals surface area (Å²) in [5.74, 6) is 0.711. The van der Waals surface area contributed by atoms with Crippen LogP contribution < -0.4 is 5.32 Å². The van der Waals surface area contributed by atoms with Crippen LogP contribution in [0.15, 0.2) is 30.3 Å². The van der Waals surface area contributed by atoms with E-state index in [2.05, 4.69) is 34.6 Å². The molecule has 1 N–H and O–H groups in total. The van der Waals surface area contributed by atoms with Crippen LogP contribution in [0.1, 0.15) is 17.7 Å². The fourth-order valence-electron chi connectivity index (χ4n) is 1.96. The number of pyridine rings is 1. The number of hydrogen-bond acceptors (Lipinski definition) is 2. The molecule has 0 radical (unpaired) electrons. The Morgan fingerprint density at radius 2 is 2.12 bits per heavy atom. The zero-order valence-corrected chi connectivity index (χ0v) is 10.8. The van der Waals surface area contributed by atoms with Crippen molar-refractivity contribution < 1.29 is 0 Å². The normalized spacial score (nSPS) is 10.9. The SMILES string of the molecule is Cc1cc(CNCCCCl)c2ccccc2n1. The van der Waals surface area contributed by atoms with E-state index in [1.165, 1.54) is 10.9 Å². The van der Waals surface area contributed by atoms with Crippen LogP contribution in [-0.4, -0.2) is 17.4 Å². The fourth-order valence-corrected chi connectivity index (χ4v) is 2.09. The molecule has 0 fully saturated rings. The summed E-state index contributed by atoms with van der Waals surface area (Å²) >= 11 is 5.65. The van der Waals surface area contributed by atoms with Gasteiger partial charge in [-0.15, -0.1) is 11.6 Å². The minimum absolute atomic E-state index is 0.711. The zero-order valence-electron chi connectivity index (χ0n) is 10.0. The number of halogens is 1. The van der Waals surface area contributed by atoms with Gasteiger partial charge in [-0.2, -0.15) is 0 Å². The van der Waals surface area contributed by atoms with Gasteiger partial charge in [-0.3, -0.25) is 4.98 Å². The van der Waals surface area contributed by atoms with Crippen LogP contribution in [0.25, 0.3) is 10.9 Å². The van der Waals surface area contributed by atoms with Crippen LogP contribution in [0.4, 0.5) is 0 Å². The van der Waals surface area contributed by atoms with Crippen molar-refractivity contribution in [2.75, 3.05) is 12.4 Å². The van der Waals surface area contributed by atoms with Gasteiger partial charge in [-0.25, -0.2) is 0 Å². The lowest BCUT2D eigenvalue weighted by atomic mass is 10.1. The molecular weight excluding hydrogens is 232 g/mol. The van der Waals surface area contributed by atoms with Gasteiger partial charge < -0.3 is 5.32 Å². The van der Waals surface area contributed by atoms with Gasteiger partial charge in [0.25, 0.3) is 0 Å². The van der Waals surface area contributed by atoms with E-state index in [4.69, 9.17) is 11.6 Å². The predicted molar refractivity (Wildman–Crippen MR) is 73.5 cm³/mol. The number of aryl methyl sites for hydroxylation is 1. The lowest BCUT2D eigenvalue weighted by Crippen LogP contribution is -2.15. The molecule has 1 heterocycles. The molecule has 2 rings (SSSR count). The predicted octanol–water partition coefficient (Wildman–Crippen LogP) is 3.26. The zero-order chi connectivity index (χ0) is 12.1. The van der Waals surface area contributed by atoms with Crippen LogP contribution >= 0.6 is 11.6 Å². The molecule has 1 aromatic carbocycles. The first-order chi connectivity index (χ1) is 8.31. The Bertz CT molecular complexity index is 497. The molecule has 0 saturated heterocycles. The van der Waals surface area contributed by atoms with Gasteiger partial charge in [-0.1, -0.05) is 18.2 Å². The molecule has 3 heteroatoms. The maximum atomic E-state index is 5.65. The second kappa shape index (κ2) is 5.99. The lowest BCUT2D eigenvalue weighted by Gasteiger charge is -2.08. The highest BCUT2D eigenvalue weighted by atomic mass is 35.5. The van der Waals surface area contributed by atoms with Gasteiger partial charge in [0.05, 0.1) is 5.52 Å². The van der Waals surface area contributed by atoms with Crippen LogP contribution in [0.2, 0.25) is 0 Å². The van der Waals surface area contributed by atoms with Crippen LogP contribution in [0.5, 0.6) is 0 Å². The van der Waals surface area contributed by atoms with Crippen molar-refractivity contribution in [3.8, 4) is 0 Å². The minimum atomic E-state index is 0.711. The van der Waals surface area contributed by atoms with E-state index in [1.807, 2.05) is 13.0 Å². The van der Waals surface area contributed by atoms with Crippen molar-refractivity contribution in [3.63, 3.8) is 0 Å². The quantitative estimate of drug-likeness (QED) is 0.649. The first-order valence-corrected chi connectivity index (χ1v) is 6.46. The largest absolute Gasteiger partial charge is 0.313 e. The van der Waals surface area contributed by atoms with Crippen molar-refractivity contribution in [2.45, 2.75) is 19.9 Å². The second-order valence-corrected chi connectivity index (χ2v) is 4.54. The van der Waals surface area contributed by atoms with E-state index in [0.717, 1.165) is 30.7 Å². The molecule has 2 aromatic rings. The summed E-state index contributed by atoms with van der Waals surface area (Å²) in [7, 11) is 0. The van der Waals surface area contributed by atoms with Crippen molar-refractivity contribution in [2.24, 2.45) is 0 Å². The maximum absolute atomic E-state index is 5.65. The molecule has 0 spiro atoms. The van der Waals surface area contributed by atoms with Gasteiger partial charge in [0.15, 0.2) is 0 Å². The third-order valence-electron chi connectivity index (χ3n) is 2.73. The van der Waals surface area contributed by atoms with Gasteiger partial charge in [0.1, 0.15) is 0 Å². The molecule has 0 aliphatic rings. The number of nitrogens with zero attached hydrogens (tertiary/aromatic N) is 1. The Hall–Kier alpha value is -1.12. The molecule has 0 amide bonds. The minimum Gasteiger partial charge on any atom is -0.313 e. The van der Waals surface area contributed by atoms with E-state index in [0.29, 0.717) is 5.88 Å². The van der Waals surface area contributed by atoms with E-state index in [-0.39, 0.29) is 0 Å². The Kier molecular flexibility index (Phi) is 4.35. The van der Waals surface area contributed by atoms with E-state index in [1.54, 1.807) is 0 Å². The number of para-hydroxylation sites is 1. The number of nitrogens with one attached hydrogen (secondary N) is 1. The average Bonchev–Trinajstić information content (AvgIpc) is 2.34. The average molecular weight is 249 g/mol. The maximum Gasteiger partial charge on any atom is 0.0708 e. The summed E-state index contributed by atoms with van der Waals surface area (Å²) in [6.07, 6.45) is 1.00. The highest BCUT2D eigenvalue weighted by molar-refractivity contribution is 6.17. The van der Waals surface area contributed by atoms with Crippen LogP contribution in [0.3, 0.4) is 0 Å². The topological polar surface area (TPSA) is 24.9 Å². The molecular formula is C14H17ClN2. The smallest absolute Gasteiger partial charge is 0.0708 e. The van der Waals surface area contributed by atoms with E-state index in [9.17, 15) is 0 Å². The number of fused-ring (bicyclic) bond motifs is 1. The number of benzene rings is 1.